The number of alkyl halides is 5. The molecule has 0 N–H and O–H groups in total. The first-order valence-electron chi connectivity index (χ1n) is 3.70. The summed E-state index contributed by atoms with van der Waals surface area (Å²) in [6.45, 7) is -0.270. The van der Waals surface area contributed by atoms with Crippen LogP contribution in [0.2, 0.25) is 0 Å². The third kappa shape index (κ3) is 2.45. The van der Waals surface area contributed by atoms with Crippen molar-refractivity contribution in [3.05, 3.63) is 0 Å². The van der Waals surface area contributed by atoms with Crippen LogP contribution < -0.4 is 0 Å². The topological polar surface area (TPSA) is 0 Å². The Bertz CT molecular complexity index is 154. The molecule has 0 aromatic carbocycles. The van der Waals surface area contributed by atoms with Gasteiger partial charge in [0.05, 0.1) is 6.67 Å². The first kappa shape index (κ1) is 11.9. The average Bonchev–Trinajstić information content (AvgIpc) is 2.01. The van der Waals surface area contributed by atoms with E-state index in [0.29, 0.717) is 9.65 Å². The van der Waals surface area contributed by atoms with E-state index in [1.165, 1.54) is 0 Å². The first-order chi connectivity index (χ1) is 5.57. The normalized spacial score (nSPS) is 49.2. The van der Waals surface area contributed by atoms with Gasteiger partial charge in [-0.3, -0.25) is 4.39 Å². The van der Waals surface area contributed by atoms with Gasteiger partial charge in [-0.15, -0.1) is 0 Å². The van der Waals surface area contributed by atoms with Crippen molar-refractivity contribution >= 4 is 63.7 Å². The van der Waals surface area contributed by atoms with Gasteiger partial charge in [-0.2, -0.15) is 0 Å². The van der Waals surface area contributed by atoms with Crippen LogP contribution >= 0.6 is 63.7 Å². The Morgan fingerprint density at radius 3 is 2.08 bits per heavy atom. The Balaban J connectivity index is 2.65. The van der Waals surface area contributed by atoms with Crippen molar-refractivity contribution in [3.8, 4) is 0 Å². The Morgan fingerprint density at radius 2 is 1.58 bits per heavy atom. The quantitative estimate of drug-likeness (QED) is 0.550. The lowest BCUT2D eigenvalue weighted by atomic mass is 9.90. The smallest absolute Gasteiger partial charge is 0.0944 e. The first-order valence-corrected chi connectivity index (χ1v) is 7.36. The van der Waals surface area contributed by atoms with Gasteiger partial charge in [-0.25, -0.2) is 0 Å². The summed E-state index contributed by atoms with van der Waals surface area (Å²) in [6.07, 6.45) is 0.965. The van der Waals surface area contributed by atoms with Crippen molar-refractivity contribution in [3.63, 3.8) is 0 Å². The van der Waals surface area contributed by atoms with Gasteiger partial charge < -0.3 is 0 Å². The molecule has 5 unspecified atom stereocenters. The minimum absolute atomic E-state index is 0.0724. The van der Waals surface area contributed by atoms with E-state index in [0.717, 1.165) is 6.42 Å². The molecule has 0 aromatic heterocycles. The van der Waals surface area contributed by atoms with Crippen LogP contribution in [-0.4, -0.2) is 26.0 Å². The molecule has 0 radical (unpaired) electrons. The van der Waals surface area contributed by atoms with Crippen LogP contribution in [0.1, 0.15) is 6.42 Å². The molecule has 1 aliphatic carbocycles. The molecule has 0 heterocycles. The Labute approximate surface area is 106 Å². The highest BCUT2D eigenvalue weighted by Gasteiger charge is 2.40. The minimum atomic E-state index is -0.270. The molecule has 0 bridgehead atoms. The second-order valence-corrected chi connectivity index (χ2v) is 7.44. The van der Waals surface area contributed by atoms with Crippen LogP contribution in [0.5, 0.6) is 0 Å². The fourth-order valence-corrected chi connectivity index (χ4v) is 5.75. The highest BCUT2D eigenvalue weighted by molar-refractivity contribution is 9.14. The molecule has 1 aliphatic rings. The number of rotatable bonds is 1. The van der Waals surface area contributed by atoms with Gasteiger partial charge in [-0.05, 0) is 6.42 Å². The van der Waals surface area contributed by atoms with Crippen molar-refractivity contribution in [2.45, 2.75) is 25.7 Å². The Morgan fingerprint density at radius 1 is 1.00 bits per heavy atom. The van der Waals surface area contributed by atoms with E-state index in [1.807, 2.05) is 0 Å². The molecule has 0 aliphatic heterocycles. The molecule has 0 amide bonds. The minimum Gasteiger partial charge on any atom is -0.251 e. The number of hydrogen-bond donors (Lipinski definition) is 0. The summed E-state index contributed by atoms with van der Waals surface area (Å²) < 4.78 is 12.6. The van der Waals surface area contributed by atoms with E-state index in [9.17, 15) is 4.39 Å². The van der Waals surface area contributed by atoms with E-state index in [4.69, 9.17) is 0 Å². The van der Waals surface area contributed by atoms with Crippen molar-refractivity contribution in [2.75, 3.05) is 6.67 Å². The van der Waals surface area contributed by atoms with Crippen LogP contribution in [0.4, 0.5) is 4.39 Å². The van der Waals surface area contributed by atoms with Gasteiger partial charge in [0.25, 0.3) is 0 Å². The van der Waals surface area contributed by atoms with Gasteiger partial charge in [0.1, 0.15) is 0 Å². The molecule has 0 spiro atoms. The summed E-state index contributed by atoms with van der Waals surface area (Å²) in [5, 5.41) is 0. The molecule has 1 fully saturated rings. The monoisotopic (exact) mass is 428 g/mol. The summed E-state index contributed by atoms with van der Waals surface area (Å²) >= 11 is 14.1. The number of hydrogen-bond acceptors (Lipinski definition) is 0. The molecule has 72 valence electrons. The van der Waals surface area contributed by atoms with E-state index < -0.39 is 0 Å². The lowest BCUT2D eigenvalue weighted by Gasteiger charge is -2.37. The molecule has 5 heteroatoms. The summed E-state index contributed by atoms with van der Waals surface area (Å²) in [7, 11) is 0. The van der Waals surface area contributed by atoms with Gasteiger partial charge in [0, 0.05) is 25.2 Å². The van der Waals surface area contributed by atoms with E-state index in [1.54, 1.807) is 0 Å². The fraction of sp³-hybridized carbons (Fsp3) is 1.00. The zero-order valence-corrected chi connectivity index (χ0v) is 12.5. The SMILES string of the molecule is FCC1C(Br)CC(Br)C(Br)C1Br. The molecule has 0 nitrogen and oxygen atoms in total. The van der Waals surface area contributed by atoms with Crippen molar-refractivity contribution in [1.82, 2.24) is 0 Å². The summed E-state index contributed by atoms with van der Waals surface area (Å²) in [6, 6.07) is 0. The van der Waals surface area contributed by atoms with Gasteiger partial charge >= 0.3 is 0 Å². The molecule has 0 aromatic rings. The predicted octanol–water partition coefficient (Wildman–Crippen LogP) is 4.03. The van der Waals surface area contributed by atoms with Crippen molar-refractivity contribution in [1.29, 1.82) is 0 Å². The Kier molecular flexibility index (Phi) is 5.05. The molecule has 0 saturated heterocycles. The zero-order valence-electron chi connectivity index (χ0n) is 6.19. The second kappa shape index (κ2) is 5.08. The van der Waals surface area contributed by atoms with Crippen LogP contribution in [0.15, 0.2) is 0 Å². The second-order valence-electron chi connectivity index (χ2n) is 2.97. The number of halogens is 5. The van der Waals surface area contributed by atoms with Crippen LogP contribution in [0.3, 0.4) is 0 Å². The zero-order chi connectivity index (χ0) is 9.30. The van der Waals surface area contributed by atoms with Gasteiger partial charge in [0.2, 0.25) is 0 Å². The maximum absolute atomic E-state index is 12.6. The van der Waals surface area contributed by atoms with Crippen molar-refractivity contribution in [2.24, 2.45) is 5.92 Å². The van der Waals surface area contributed by atoms with Crippen LogP contribution in [0.25, 0.3) is 0 Å². The van der Waals surface area contributed by atoms with E-state index >= 15 is 0 Å². The largest absolute Gasteiger partial charge is 0.251 e. The highest BCUT2D eigenvalue weighted by Crippen LogP contribution is 2.41. The standard InChI is InChI=1S/C7H9Br4F/c8-4-1-5(9)7(11)6(10)3(4)2-12/h3-7H,1-2H2. The van der Waals surface area contributed by atoms with E-state index in [-0.39, 0.29) is 22.2 Å². The molecule has 5 atom stereocenters. The summed E-state index contributed by atoms with van der Waals surface area (Å²) in [4.78, 5) is 1.19. The average molecular weight is 432 g/mol. The maximum atomic E-state index is 12.6. The summed E-state index contributed by atoms with van der Waals surface area (Å²) in [5.74, 6) is 0.0724. The lowest BCUT2D eigenvalue weighted by Crippen LogP contribution is -2.43. The Hall–Kier alpha value is 1.85. The van der Waals surface area contributed by atoms with E-state index in [2.05, 4.69) is 63.7 Å². The third-order valence-electron chi connectivity index (χ3n) is 2.15. The fourth-order valence-electron chi connectivity index (χ4n) is 1.34. The molecular formula is C7H9Br4F. The summed E-state index contributed by atoms with van der Waals surface area (Å²) in [5.41, 5.74) is 0. The lowest BCUT2D eigenvalue weighted by molar-refractivity contribution is 0.315. The predicted molar refractivity (Wildman–Crippen MR) is 64.9 cm³/mol. The molecular weight excluding hydrogens is 423 g/mol. The molecule has 12 heavy (non-hydrogen) atoms. The highest BCUT2D eigenvalue weighted by atomic mass is 79.9. The third-order valence-corrected chi connectivity index (χ3v) is 8.02. The molecule has 1 rings (SSSR count). The van der Waals surface area contributed by atoms with Gasteiger partial charge in [0.15, 0.2) is 0 Å². The van der Waals surface area contributed by atoms with Crippen molar-refractivity contribution < 1.29 is 4.39 Å². The molecule has 1 saturated carbocycles. The van der Waals surface area contributed by atoms with Gasteiger partial charge in [-0.1, -0.05) is 63.7 Å². The van der Waals surface area contributed by atoms with Crippen LogP contribution in [-0.2, 0) is 0 Å². The van der Waals surface area contributed by atoms with Crippen LogP contribution in [0, 0.1) is 5.92 Å². The maximum Gasteiger partial charge on any atom is 0.0944 e.